The van der Waals surface area contributed by atoms with Crippen molar-refractivity contribution in [3.63, 3.8) is 0 Å². The number of unbranched alkanes of at least 4 members (excludes halogenated alkanes) is 10. The first kappa shape index (κ1) is 28.1. The van der Waals surface area contributed by atoms with Gasteiger partial charge in [-0.3, -0.25) is 10.1 Å². The molecule has 0 aromatic heterocycles. The van der Waals surface area contributed by atoms with Crippen LogP contribution in [0.4, 0.5) is 0 Å². The zero-order valence-electron chi connectivity index (χ0n) is 18.9. The van der Waals surface area contributed by atoms with E-state index >= 15 is 0 Å². The summed E-state index contributed by atoms with van der Waals surface area (Å²) in [6.07, 6.45) is 18.3. The summed E-state index contributed by atoms with van der Waals surface area (Å²) in [5.41, 5.74) is 0. The zero-order chi connectivity index (χ0) is 22.0. The number of rotatable bonds is 19. The smallest absolute Gasteiger partial charge is 0.325 e. The van der Waals surface area contributed by atoms with Crippen LogP contribution in [0.1, 0.15) is 111 Å². The van der Waals surface area contributed by atoms with Crippen LogP contribution in [-0.2, 0) is 9.53 Å². The van der Waals surface area contributed by atoms with Crippen molar-refractivity contribution in [2.45, 2.75) is 129 Å². The van der Waals surface area contributed by atoms with Gasteiger partial charge in [-0.15, -0.1) is 0 Å². The Kier molecular flexibility index (Phi) is 17.3. The predicted octanol–water partition coefficient (Wildman–Crippen LogP) is 4.52. The Morgan fingerprint density at radius 1 is 0.931 bits per heavy atom. The molecule has 0 rings (SSSR count). The average Bonchev–Trinajstić information content (AvgIpc) is 2.66. The second-order valence-electron chi connectivity index (χ2n) is 8.04. The van der Waals surface area contributed by atoms with Gasteiger partial charge in [0.2, 0.25) is 5.91 Å². The second kappa shape index (κ2) is 17.9. The Hall–Kier alpha value is -0.950. The number of ether oxygens (including phenoxy) is 1. The molecule has 4 N–H and O–H groups in total. The first-order valence-corrected chi connectivity index (χ1v) is 11.6. The van der Waals surface area contributed by atoms with Crippen molar-refractivity contribution in [3.8, 4) is 0 Å². The van der Waals surface area contributed by atoms with Gasteiger partial charge in [-0.1, -0.05) is 77.4 Å². The fraction of sp³-hybridized carbons (Fsp3) is 0.870. The standard InChI is InChI=1S/C23H45NO5/c1-4-6-7-8-9-10-11-12-13-14-15-16-17-18-19-20(24-23(3,27)28)22(26)29-21(25)5-2/h12-13,20-21,24-25,27-28H,4-11,14-19H2,1-3H3/b13-12-. The minimum atomic E-state index is -2.17. The first-order chi connectivity index (χ1) is 13.8. The molecule has 0 saturated carbocycles. The average molecular weight is 416 g/mol. The SMILES string of the molecule is CCCCCCCC/C=C\CCCCCCC(NC(C)(O)O)C(=O)OC(O)CC. The fourth-order valence-electron chi connectivity index (χ4n) is 3.12. The maximum absolute atomic E-state index is 12.1. The number of aliphatic hydroxyl groups is 3. The van der Waals surface area contributed by atoms with E-state index in [1.54, 1.807) is 6.92 Å². The molecule has 0 aliphatic carbocycles. The van der Waals surface area contributed by atoms with Gasteiger partial charge in [0.15, 0.2) is 6.29 Å². The van der Waals surface area contributed by atoms with Gasteiger partial charge >= 0.3 is 5.97 Å². The molecule has 0 spiro atoms. The van der Waals surface area contributed by atoms with Crippen LogP contribution in [0.2, 0.25) is 0 Å². The lowest BCUT2D eigenvalue weighted by atomic mass is 10.1. The summed E-state index contributed by atoms with van der Waals surface area (Å²) in [4.78, 5) is 12.1. The minimum Gasteiger partial charge on any atom is -0.435 e. The molecule has 29 heavy (non-hydrogen) atoms. The normalized spacial score (nSPS) is 14.3. The number of hydrogen-bond acceptors (Lipinski definition) is 6. The molecular formula is C23H45NO5. The summed E-state index contributed by atoms with van der Waals surface area (Å²) in [6, 6.07) is -0.853. The molecule has 0 bridgehead atoms. The van der Waals surface area contributed by atoms with E-state index in [0.29, 0.717) is 12.8 Å². The highest BCUT2D eigenvalue weighted by molar-refractivity contribution is 5.75. The molecule has 0 aromatic carbocycles. The summed E-state index contributed by atoms with van der Waals surface area (Å²) in [5.74, 6) is -2.83. The number of hydrogen-bond donors (Lipinski definition) is 4. The van der Waals surface area contributed by atoms with Crippen molar-refractivity contribution >= 4 is 5.97 Å². The van der Waals surface area contributed by atoms with E-state index < -0.39 is 24.2 Å². The Labute approximate surface area is 177 Å². The highest BCUT2D eigenvalue weighted by Gasteiger charge is 2.28. The van der Waals surface area contributed by atoms with E-state index in [0.717, 1.165) is 39.0 Å². The van der Waals surface area contributed by atoms with E-state index in [1.807, 2.05) is 0 Å². The highest BCUT2D eigenvalue weighted by Crippen LogP contribution is 2.12. The largest absolute Gasteiger partial charge is 0.435 e. The van der Waals surface area contributed by atoms with Crippen molar-refractivity contribution in [2.75, 3.05) is 0 Å². The quantitative estimate of drug-likeness (QED) is 0.107. The molecule has 0 radical (unpaired) electrons. The molecule has 0 aliphatic rings. The maximum atomic E-state index is 12.1. The van der Waals surface area contributed by atoms with Crippen LogP contribution in [0.5, 0.6) is 0 Å². The molecule has 0 fully saturated rings. The Balaban J connectivity index is 3.86. The molecule has 172 valence electrons. The van der Waals surface area contributed by atoms with Gasteiger partial charge in [0.1, 0.15) is 6.04 Å². The lowest BCUT2D eigenvalue weighted by Crippen LogP contribution is -2.52. The number of allylic oxidation sites excluding steroid dienone is 2. The minimum absolute atomic E-state index is 0.292. The molecule has 2 unspecified atom stereocenters. The van der Waals surface area contributed by atoms with Crippen molar-refractivity contribution in [2.24, 2.45) is 0 Å². The maximum Gasteiger partial charge on any atom is 0.325 e. The Morgan fingerprint density at radius 2 is 1.45 bits per heavy atom. The topological polar surface area (TPSA) is 99.0 Å². The summed E-state index contributed by atoms with van der Waals surface area (Å²) in [5, 5.41) is 30.9. The van der Waals surface area contributed by atoms with Crippen LogP contribution in [0.15, 0.2) is 12.2 Å². The van der Waals surface area contributed by atoms with Crippen LogP contribution >= 0.6 is 0 Å². The third-order valence-electron chi connectivity index (χ3n) is 4.84. The monoisotopic (exact) mass is 415 g/mol. The first-order valence-electron chi connectivity index (χ1n) is 11.6. The Bertz CT molecular complexity index is 420. The number of nitrogens with one attached hydrogen (secondary N) is 1. The highest BCUT2D eigenvalue weighted by atomic mass is 16.6. The van der Waals surface area contributed by atoms with Crippen molar-refractivity contribution in [1.82, 2.24) is 5.32 Å². The number of carbonyl (C=O) groups is 1. The van der Waals surface area contributed by atoms with Crippen LogP contribution in [0, 0.1) is 0 Å². The van der Waals surface area contributed by atoms with Crippen LogP contribution in [0.3, 0.4) is 0 Å². The van der Waals surface area contributed by atoms with Crippen molar-refractivity contribution < 1.29 is 24.9 Å². The molecule has 6 nitrogen and oxygen atoms in total. The van der Waals surface area contributed by atoms with Gasteiger partial charge in [-0.25, -0.2) is 0 Å². The van der Waals surface area contributed by atoms with Gasteiger partial charge < -0.3 is 20.1 Å². The number of aliphatic hydroxyl groups excluding tert-OH is 1. The van der Waals surface area contributed by atoms with Gasteiger partial charge in [0.05, 0.1) is 0 Å². The van der Waals surface area contributed by atoms with Crippen LogP contribution in [0.25, 0.3) is 0 Å². The van der Waals surface area contributed by atoms with Crippen LogP contribution < -0.4 is 5.32 Å². The van der Waals surface area contributed by atoms with E-state index in [9.17, 15) is 20.1 Å². The summed E-state index contributed by atoms with van der Waals surface area (Å²) in [7, 11) is 0. The molecule has 0 saturated heterocycles. The molecule has 0 heterocycles. The molecule has 0 amide bonds. The molecule has 2 atom stereocenters. The Morgan fingerprint density at radius 3 is 1.97 bits per heavy atom. The van der Waals surface area contributed by atoms with E-state index in [2.05, 4.69) is 24.4 Å². The summed E-state index contributed by atoms with van der Waals surface area (Å²) in [6.45, 7) is 5.09. The molecule has 6 heteroatoms. The molecular weight excluding hydrogens is 370 g/mol. The lowest BCUT2D eigenvalue weighted by Gasteiger charge is -2.25. The number of esters is 1. The predicted molar refractivity (Wildman–Crippen MR) is 117 cm³/mol. The summed E-state index contributed by atoms with van der Waals surface area (Å²) < 4.78 is 4.90. The van der Waals surface area contributed by atoms with E-state index in [1.165, 1.54) is 44.9 Å². The van der Waals surface area contributed by atoms with E-state index in [-0.39, 0.29) is 0 Å². The van der Waals surface area contributed by atoms with Crippen molar-refractivity contribution in [3.05, 3.63) is 12.2 Å². The molecule has 0 aliphatic heterocycles. The van der Waals surface area contributed by atoms with Crippen LogP contribution in [-0.4, -0.2) is 39.5 Å². The zero-order valence-corrected chi connectivity index (χ0v) is 18.9. The lowest BCUT2D eigenvalue weighted by molar-refractivity contribution is -0.194. The van der Waals surface area contributed by atoms with Gasteiger partial charge in [0.25, 0.3) is 0 Å². The fourth-order valence-corrected chi connectivity index (χ4v) is 3.12. The van der Waals surface area contributed by atoms with Crippen molar-refractivity contribution in [1.29, 1.82) is 0 Å². The molecule has 0 aromatic rings. The third kappa shape index (κ3) is 18.8. The number of carbonyl (C=O) groups excluding carboxylic acids is 1. The van der Waals surface area contributed by atoms with Gasteiger partial charge in [-0.05, 0) is 32.1 Å². The second-order valence-corrected chi connectivity index (χ2v) is 8.04. The van der Waals surface area contributed by atoms with Gasteiger partial charge in [0, 0.05) is 13.3 Å². The van der Waals surface area contributed by atoms with E-state index in [4.69, 9.17) is 4.74 Å². The summed E-state index contributed by atoms with van der Waals surface area (Å²) >= 11 is 0. The third-order valence-corrected chi connectivity index (χ3v) is 4.84. The van der Waals surface area contributed by atoms with Gasteiger partial charge in [-0.2, -0.15) is 0 Å².